The second-order valence-electron chi connectivity index (χ2n) is 7.35. The molecule has 1 saturated heterocycles. The Hall–Kier alpha value is -2.44. The summed E-state index contributed by atoms with van der Waals surface area (Å²) in [4.78, 5) is 34.3. The zero-order chi connectivity index (χ0) is 20.5. The van der Waals surface area contributed by atoms with Gasteiger partial charge in [-0.3, -0.25) is 9.59 Å². The van der Waals surface area contributed by atoms with Crippen molar-refractivity contribution in [2.75, 3.05) is 25.0 Å². The van der Waals surface area contributed by atoms with Crippen LogP contribution in [0.15, 0.2) is 22.7 Å². The Morgan fingerprint density at radius 3 is 2.93 bits per heavy atom. The van der Waals surface area contributed by atoms with Crippen LogP contribution in [0.2, 0.25) is 0 Å². The number of nitrogens with one attached hydrogen (secondary N) is 1. The van der Waals surface area contributed by atoms with E-state index in [2.05, 4.69) is 32.4 Å². The van der Waals surface area contributed by atoms with E-state index in [4.69, 9.17) is 5.26 Å². The fraction of sp³-hybridized carbons (Fsp3) is 0.400. The number of amides is 2. The largest absolute Gasteiger partial charge is 0.333 e. The Balaban J connectivity index is 1.42. The average molecular weight is 474 g/mol. The third-order valence-corrected chi connectivity index (χ3v) is 7.24. The quantitative estimate of drug-likeness (QED) is 0.691. The van der Waals surface area contributed by atoms with Crippen molar-refractivity contribution in [1.29, 1.82) is 5.26 Å². The SMILES string of the molecule is Cc1cc(C(=O)N2CCc3nc(NC(=O)[C@@H]4CCN(C#N)C4)sc3C2)ccc1Br. The molecule has 2 aliphatic rings. The summed E-state index contributed by atoms with van der Waals surface area (Å²) in [5, 5.41) is 12.4. The number of carbonyl (C=O) groups is 2. The molecule has 1 aromatic carbocycles. The number of halogens is 1. The second-order valence-corrected chi connectivity index (χ2v) is 9.29. The maximum Gasteiger partial charge on any atom is 0.254 e. The molecular formula is C20H20BrN5O2S. The monoisotopic (exact) mass is 473 g/mol. The van der Waals surface area contributed by atoms with Gasteiger partial charge in [0.1, 0.15) is 0 Å². The van der Waals surface area contributed by atoms with Gasteiger partial charge in [0.25, 0.3) is 5.91 Å². The molecule has 150 valence electrons. The Morgan fingerprint density at radius 2 is 2.21 bits per heavy atom. The first-order valence-corrected chi connectivity index (χ1v) is 11.0. The zero-order valence-electron chi connectivity index (χ0n) is 15.9. The molecule has 0 saturated carbocycles. The predicted octanol–water partition coefficient (Wildman–Crippen LogP) is 3.15. The molecule has 29 heavy (non-hydrogen) atoms. The van der Waals surface area contributed by atoms with Crippen molar-refractivity contribution in [3.8, 4) is 6.19 Å². The van der Waals surface area contributed by atoms with Gasteiger partial charge in [-0.15, -0.1) is 0 Å². The Kier molecular flexibility index (Phi) is 5.56. The number of benzene rings is 1. The van der Waals surface area contributed by atoms with Gasteiger partial charge in [0.15, 0.2) is 11.3 Å². The molecule has 2 aromatic rings. The number of carbonyl (C=O) groups excluding carboxylic acids is 2. The van der Waals surface area contributed by atoms with Crippen molar-refractivity contribution in [2.24, 2.45) is 5.92 Å². The normalized spacial score (nSPS) is 18.3. The van der Waals surface area contributed by atoms with E-state index in [0.29, 0.717) is 49.7 Å². The number of rotatable bonds is 3. The van der Waals surface area contributed by atoms with E-state index >= 15 is 0 Å². The third kappa shape index (κ3) is 4.14. The minimum Gasteiger partial charge on any atom is -0.333 e. The lowest BCUT2D eigenvalue weighted by atomic mass is 10.1. The molecule has 4 rings (SSSR count). The second kappa shape index (κ2) is 8.13. The number of hydrogen-bond donors (Lipinski definition) is 1. The summed E-state index contributed by atoms with van der Waals surface area (Å²) < 4.78 is 0.984. The van der Waals surface area contributed by atoms with Crippen molar-refractivity contribution >= 4 is 44.2 Å². The van der Waals surface area contributed by atoms with Crippen molar-refractivity contribution in [1.82, 2.24) is 14.8 Å². The minimum absolute atomic E-state index is 0.00721. The van der Waals surface area contributed by atoms with Crippen LogP contribution >= 0.6 is 27.3 Å². The van der Waals surface area contributed by atoms with Crippen molar-refractivity contribution in [3.05, 3.63) is 44.4 Å². The summed E-state index contributed by atoms with van der Waals surface area (Å²) in [5.41, 5.74) is 2.65. The Bertz CT molecular complexity index is 1010. The highest BCUT2D eigenvalue weighted by atomic mass is 79.9. The first kappa shape index (κ1) is 19.9. The Morgan fingerprint density at radius 1 is 1.38 bits per heavy atom. The van der Waals surface area contributed by atoms with Crippen LogP contribution in [0.4, 0.5) is 5.13 Å². The maximum atomic E-state index is 12.9. The lowest BCUT2D eigenvalue weighted by Gasteiger charge is -2.26. The van der Waals surface area contributed by atoms with Crippen LogP contribution in [-0.4, -0.2) is 46.2 Å². The number of likely N-dealkylation sites (tertiary alicyclic amines) is 1. The summed E-state index contributed by atoms with van der Waals surface area (Å²) in [6.45, 7) is 4.16. The molecule has 0 spiro atoms. The number of fused-ring (bicyclic) bond motifs is 1. The van der Waals surface area contributed by atoms with Gasteiger partial charge < -0.3 is 15.1 Å². The summed E-state index contributed by atoms with van der Waals surface area (Å²) >= 11 is 4.89. The minimum atomic E-state index is -0.186. The van der Waals surface area contributed by atoms with Crippen LogP contribution in [0, 0.1) is 24.3 Å². The topological polar surface area (TPSA) is 89.3 Å². The van der Waals surface area contributed by atoms with Crippen LogP contribution in [0.5, 0.6) is 0 Å². The third-order valence-electron chi connectivity index (χ3n) is 5.35. The van der Waals surface area contributed by atoms with Crippen molar-refractivity contribution in [3.63, 3.8) is 0 Å². The van der Waals surface area contributed by atoms with Crippen LogP contribution < -0.4 is 5.32 Å². The smallest absolute Gasteiger partial charge is 0.254 e. The molecule has 3 heterocycles. The summed E-state index contributed by atoms with van der Waals surface area (Å²) in [6, 6.07) is 5.63. The van der Waals surface area contributed by atoms with E-state index in [1.807, 2.05) is 30.0 Å². The number of nitriles is 1. The highest BCUT2D eigenvalue weighted by molar-refractivity contribution is 9.10. The highest BCUT2D eigenvalue weighted by Crippen LogP contribution is 2.30. The van der Waals surface area contributed by atoms with Crippen LogP contribution in [0.3, 0.4) is 0 Å². The molecule has 0 aliphatic carbocycles. The van der Waals surface area contributed by atoms with Gasteiger partial charge in [0, 0.05) is 41.0 Å². The van der Waals surface area contributed by atoms with E-state index < -0.39 is 0 Å². The summed E-state index contributed by atoms with van der Waals surface area (Å²) in [6.07, 6.45) is 3.44. The number of thiazole rings is 1. The highest BCUT2D eigenvalue weighted by Gasteiger charge is 2.30. The fourth-order valence-corrected chi connectivity index (χ4v) is 4.93. The predicted molar refractivity (Wildman–Crippen MR) is 113 cm³/mol. The lowest BCUT2D eigenvalue weighted by Crippen LogP contribution is -2.35. The lowest BCUT2D eigenvalue weighted by molar-refractivity contribution is -0.119. The van der Waals surface area contributed by atoms with Crippen molar-refractivity contribution < 1.29 is 9.59 Å². The molecule has 1 N–H and O–H groups in total. The molecule has 1 atom stereocenters. The molecule has 0 unspecified atom stereocenters. The number of anilines is 1. The molecule has 9 heteroatoms. The van der Waals surface area contributed by atoms with Gasteiger partial charge >= 0.3 is 0 Å². The summed E-state index contributed by atoms with van der Waals surface area (Å²) in [7, 11) is 0. The molecule has 1 fully saturated rings. The van der Waals surface area contributed by atoms with Gasteiger partial charge in [0.2, 0.25) is 5.91 Å². The van der Waals surface area contributed by atoms with Gasteiger partial charge in [-0.2, -0.15) is 5.26 Å². The fourth-order valence-electron chi connectivity index (χ4n) is 3.66. The number of aryl methyl sites for hydroxylation is 1. The number of aromatic nitrogens is 1. The van der Waals surface area contributed by atoms with E-state index in [9.17, 15) is 9.59 Å². The molecule has 7 nitrogen and oxygen atoms in total. The Labute approximate surface area is 181 Å². The van der Waals surface area contributed by atoms with Crippen molar-refractivity contribution in [2.45, 2.75) is 26.3 Å². The average Bonchev–Trinajstić information content (AvgIpc) is 3.35. The zero-order valence-corrected chi connectivity index (χ0v) is 18.3. The van der Waals surface area contributed by atoms with E-state index in [1.54, 1.807) is 4.90 Å². The van der Waals surface area contributed by atoms with Gasteiger partial charge in [-0.25, -0.2) is 4.98 Å². The van der Waals surface area contributed by atoms with E-state index in [1.165, 1.54) is 11.3 Å². The van der Waals surface area contributed by atoms with Crippen LogP contribution in [0.1, 0.15) is 32.9 Å². The number of hydrogen-bond acceptors (Lipinski definition) is 6. The first-order valence-electron chi connectivity index (χ1n) is 9.44. The summed E-state index contributed by atoms with van der Waals surface area (Å²) in [5.74, 6) is -0.269. The molecule has 1 aromatic heterocycles. The van der Waals surface area contributed by atoms with Crippen LogP contribution in [-0.2, 0) is 17.8 Å². The van der Waals surface area contributed by atoms with E-state index in [0.717, 1.165) is 20.6 Å². The van der Waals surface area contributed by atoms with Crippen LogP contribution in [0.25, 0.3) is 0 Å². The van der Waals surface area contributed by atoms with Gasteiger partial charge in [-0.1, -0.05) is 27.3 Å². The van der Waals surface area contributed by atoms with E-state index in [-0.39, 0.29) is 17.7 Å². The standard InChI is InChI=1S/C20H20BrN5O2S/c1-12-8-13(2-3-15(12)21)19(28)26-7-5-16-17(10-26)29-20(23-16)24-18(27)14-4-6-25(9-14)11-22/h2-3,8,14H,4-7,9-10H2,1H3,(H,23,24,27)/t14-/m1/s1. The van der Waals surface area contributed by atoms with Gasteiger partial charge in [-0.05, 0) is 37.1 Å². The molecule has 0 radical (unpaired) electrons. The first-order chi connectivity index (χ1) is 13.9. The molecular weight excluding hydrogens is 454 g/mol. The molecule has 2 aliphatic heterocycles. The molecule has 2 amide bonds. The maximum absolute atomic E-state index is 12.9. The number of nitrogens with zero attached hydrogens (tertiary/aromatic N) is 4. The van der Waals surface area contributed by atoms with Gasteiger partial charge in [0.05, 0.1) is 18.2 Å². The molecule has 0 bridgehead atoms.